The molecule has 0 heterocycles. The molecule has 0 aliphatic rings. The van der Waals surface area contributed by atoms with E-state index < -0.39 is 18.0 Å². The van der Waals surface area contributed by atoms with Gasteiger partial charge in [-0.3, -0.25) is 9.59 Å². The third kappa shape index (κ3) is 12.9. The van der Waals surface area contributed by atoms with Crippen LogP contribution >= 0.6 is 11.8 Å². The number of carboxylic acid groups (broad SMARTS) is 2. The number of ether oxygens (including phenoxy) is 2. The van der Waals surface area contributed by atoms with Gasteiger partial charge in [0.1, 0.15) is 11.5 Å². The van der Waals surface area contributed by atoms with Crippen molar-refractivity contribution >= 4 is 29.8 Å². The summed E-state index contributed by atoms with van der Waals surface area (Å²) in [5, 5.41) is 27.8. The second-order valence-electron chi connectivity index (χ2n) is 7.98. The lowest BCUT2D eigenvalue weighted by molar-refractivity contribution is -0.137. The number of carboxylic acids is 2. The summed E-state index contributed by atoms with van der Waals surface area (Å²) < 4.78 is 11.5. The monoisotopic (exact) mass is 502 g/mol. The Bertz CT molecular complexity index is 900. The summed E-state index contributed by atoms with van der Waals surface area (Å²) in [5.74, 6) is 0.217. The second kappa shape index (κ2) is 16.6. The molecule has 0 aromatic heterocycles. The molecule has 0 fully saturated rings. The van der Waals surface area contributed by atoms with Gasteiger partial charge in [0.15, 0.2) is 0 Å². The van der Waals surface area contributed by atoms with E-state index in [0.717, 1.165) is 29.9 Å². The number of hydrogen-bond donors (Lipinski definition) is 3. The summed E-state index contributed by atoms with van der Waals surface area (Å²) in [6.07, 6.45) is 5.45. The van der Waals surface area contributed by atoms with Gasteiger partial charge in [-0.2, -0.15) is 11.8 Å². The molecule has 2 unspecified atom stereocenters. The number of hydrogen-bond acceptors (Lipinski definition) is 6. The molecule has 8 heteroatoms. The molecule has 0 spiro atoms. The van der Waals surface area contributed by atoms with Crippen LogP contribution in [0.15, 0.2) is 60.7 Å². The first-order valence-corrected chi connectivity index (χ1v) is 12.8. The van der Waals surface area contributed by atoms with Crippen LogP contribution in [-0.2, 0) is 9.59 Å². The molecule has 0 bridgehead atoms. The molecule has 35 heavy (non-hydrogen) atoms. The Kier molecular flexibility index (Phi) is 13.4. The van der Waals surface area contributed by atoms with Crippen molar-refractivity contribution in [1.29, 1.82) is 0 Å². The molecule has 0 amide bonds. The van der Waals surface area contributed by atoms with Crippen molar-refractivity contribution in [1.82, 2.24) is 0 Å². The molecule has 2 atom stereocenters. The fraction of sp³-hybridized carbons (Fsp3) is 0.407. The van der Waals surface area contributed by atoms with Gasteiger partial charge in [-0.05, 0) is 55.5 Å². The minimum absolute atomic E-state index is 0.00126. The number of aliphatic hydroxyl groups is 1. The molecule has 2 rings (SSSR count). The molecule has 7 nitrogen and oxygen atoms in total. The molecular weight excluding hydrogens is 468 g/mol. The third-order valence-electron chi connectivity index (χ3n) is 5.07. The quantitative estimate of drug-likeness (QED) is 0.241. The van der Waals surface area contributed by atoms with Gasteiger partial charge in [0.25, 0.3) is 0 Å². The summed E-state index contributed by atoms with van der Waals surface area (Å²) in [6, 6.07) is 17.3. The summed E-state index contributed by atoms with van der Waals surface area (Å²) in [7, 11) is 0. The molecule has 190 valence electrons. The number of para-hydroxylation sites is 1. The molecule has 0 aliphatic heterocycles. The molecule has 2 aromatic carbocycles. The van der Waals surface area contributed by atoms with Crippen LogP contribution in [0.25, 0.3) is 6.08 Å². The van der Waals surface area contributed by atoms with E-state index >= 15 is 0 Å². The van der Waals surface area contributed by atoms with Crippen molar-refractivity contribution in [3.05, 3.63) is 66.2 Å². The highest BCUT2D eigenvalue weighted by atomic mass is 32.2. The summed E-state index contributed by atoms with van der Waals surface area (Å²) >= 11 is 1.36. The lowest BCUT2D eigenvalue weighted by atomic mass is 10.1. The van der Waals surface area contributed by atoms with Gasteiger partial charge in [0.2, 0.25) is 0 Å². The number of aliphatic carboxylic acids is 2. The largest absolute Gasteiger partial charge is 0.494 e. The fourth-order valence-corrected chi connectivity index (χ4v) is 4.30. The fourth-order valence-electron chi connectivity index (χ4n) is 3.19. The number of thioether (sulfide) groups is 1. The Morgan fingerprint density at radius 2 is 1.43 bits per heavy atom. The van der Waals surface area contributed by atoms with Crippen molar-refractivity contribution in [3.8, 4) is 11.5 Å². The third-order valence-corrected chi connectivity index (χ3v) is 6.37. The molecule has 0 saturated carbocycles. The highest BCUT2D eigenvalue weighted by molar-refractivity contribution is 8.00. The van der Waals surface area contributed by atoms with Crippen molar-refractivity contribution in [2.24, 2.45) is 0 Å². The number of carbonyl (C=O) groups is 2. The van der Waals surface area contributed by atoms with Gasteiger partial charge in [-0.1, -0.05) is 42.5 Å². The van der Waals surface area contributed by atoms with Crippen LogP contribution in [0.1, 0.15) is 44.1 Å². The Morgan fingerprint density at radius 1 is 0.829 bits per heavy atom. The van der Waals surface area contributed by atoms with Crippen LogP contribution < -0.4 is 9.47 Å². The molecule has 2 aromatic rings. The van der Waals surface area contributed by atoms with E-state index in [-0.39, 0.29) is 18.1 Å². The number of aliphatic hydroxyl groups excluding tert-OH is 1. The average Bonchev–Trinajstić information content (AvgIpc) is 2.84. The van der Waals surface area contributed by atoms with Gasteiger partial charge in [0.05, 0.1) is 25.7 Å². The minimum Gasteiger partial charge on any atom is -0.494 e. The Morgan fingerprint density at radius 3 is 2.03 bits per heavy atom. The topological polar surface area (TPSA) is 113 Å². The molecular formula is C27H34O7S. The van der Waals surface area contributed by atoms with Crippen molar-refractivity contribution in [2.45, 2.75) is 49.9 Å². The van der Waals surface area contributed by atoms with Crippen molar-refractivity contribution in [3.63, 3.8) is 0 Å². The molecule has 0 saturated heterocycles. The maximum atomic E-state index is 10.8. The first-order chi connectivity index (χ1) is 16.9. The standard InChI is InChI=1S/C27H34O7S/c28-24(9-6-10-26(29)30)25(35-20-17-27(31)32)16-13-21-11-14-23(15-12-21)34-19-5-4-18-33-22-7-2-1-3-8-22/h1-3,7-8,11-16,24-25,28H,4-6,9-10,17-20H2,(H,29,30)(H,31,32)/b16-13-. The Balaban J connectivity index is 1.77. The van der Waals surface area contributed by atoms with Crippen molar-refractivity contribution < 1.29 is 34.4 Å². The highest BCUT2D eigenvalue weighted by Gasteiger charge is 2.17. The van der Waals surface area contributed by atoms with Crippen LogP contribution in [0, 0.1) is 0 Å². The van der Waals surface area contributed by atoms with Crippen LogP contribution in [-0.4, -0.2) is 57.6 Å². The van der Waals surface area contributed by atoms with E-state index in [1.807, 2.05) is 66.7 Å². The predicted molar refractivity (Wildman–Crippen MR) is 138 cm³/mol. The van der Waals surface area contributed by atoms with Gasteiger partial charge >= 0.3 is 11.9 Å². The van der Waals surface area contributed by atoms with E-state index in [0.29, 0.717) is 31.8 Å². The summed E-state index contributed by atoms with van der Waals surface area (Å²) in [4.78, 5) is 21.5. The lowest BCUT2D eigenvalue weighted by Crippen LogP contribution is -2.22. The number of benzene rings is 2. The van der Waals surface area contributed by atoms with Crippen LogP contribution in [0.5, 0.6) is 11.5 Å². The molecule has 3 N–H and O–H groups in total. The smallest absolute Gasteiger partial charge is 0.304 e. The SMILES string of the molecule is O=C(O)CCCC(O)C(/C=C\c1ccc(OCCCCOc2ccccc2)cc1)SCCC(=O)O. The van der Waals surface area contributed by atoms with Gasteiger partial charge in [-0.15, -0.1) is 0 Å². The normalized spacial score (nSPS) is 12.8. The van der Waals surface area contributed by atoms with Gasteiger partial charge in [0, 0.05) is 17.4 Å². The summed E-state index contributed by atoms with van der Waals surface area (Å²) in [6.45, 7) is 1.24. The predicted octanol–water partition coefficient (Wildman–Crippen LogP) is 5.13. The zero-order valence-electron chi connectivity index (χ0n) is 19.8. The Labute approximate surface area is 210 Å². The lowest BCUT2D eigenvalue weighted by Gasteiger charge is -2.19. The van der Waals surface area contributed by atoms with Gasteiger partial charge < -0.3 is 24.8 Å². The van der Waals surface area contributed by atoms with Crippen LogP contribution in [0.3, 0.4) is 0 Å². The van der Waals surface area contributed by atoms with Crippen LogP contribution in [0.4, 0.5) is 0 Å². The van der Waals surface area contributed by atoms with Crippen LogP contribution in [0.2, 0.25) is 0 Å². The second-order valence-corrected chi connectivity index (χ2v) is 9.26. The number of rotatable bonds is 18. The first kappa shape index (κ1) is 28.3. The van der Waals surface area contributed by atoms with E-state index in [9.17, 15) is 14.7 Å². The maximum absolute atomic E-state index is 10.8. The van der Waals surface area contributed by atoms with E-state index in [2.05, 4.69) is 0 Å². The molecule has 0 radical (unpaired) electrons. The Hall–Kier alpha value is -2.97. The van der Waals surface area contributed by atoms with Crippen molar-refractivity contribution in [2.75, 3.05) is 19.0 Å². The summed E-state index contributed by atoms with van der Waals surface area (Å²) in [5.41, 5.74) is 0.926. The molecule has 0 aliphatic carbocycles. The minimum atomic E-state index is -0.898. The van der Waals surface area contributed by atoms with E-state index in [1.165, 1.54) is 11.8 Å². The van der Waals surface area contributed by atoms with E-state index in [1.54, 1.807) is 0 Å². The highest BCUT2D eigenvalue weighted by Crippen LogP contribution is 2.23. The zero-order chi connectivity index (χ0) is 25.3. The first-order valence-electron chi connectivity index (χ1n) is 11.8. The zero-order valence-corrected chi connectivity index (χ0v) is 20.6. The van der Waals surface area contributed by atoms with E-state index in [4.69, 9.17) is 19.7 Å². The van der Waals surface area contributed by atoms with Gasteiger partial charge in [-0.25, -0.2) is 0 Å². The average molecular weight is 503 g/mol. The maximum Gasteiger partial charge on any atom is 0.304 e. The number of unbranched alkanes of at least 4 members (excludes halogenated alkanes) is 1.